The van der Waals surface area contributed by atoms with E-state index in [0.29, 0.717) is 36.4 Å². The van der Waals surface area contributed by atoms with Gasteiger partial charge in [0.05, 0.1) is 19.2 Å². The van der Waals surface area contributed by atoms with Gasteiger partial charge in [0.25, 0.3) is 0 Å². The third kappa shape index (κ3) is 8.57. The Hall–Kier alpha value is -5.35. The number of ether oxygens (including phenoxy) is 2. The molecule has 0 unspecified atom stereocenters. The predicted octanol–water partition coefficient (Wildman–Crippen LogP) is 5.63. The Bertz CT molecular complexity index is 1540. The number of nitrogens with one attached hydrogen (secondary N) is 3. The maximum absolute atomic E-state index is 8.97. The van der Waals surface area contributed by atoms with Gasteiger partial charge in [0, 0.05) is 47.3 Å². The molecule has 2 aromatic carbocycles. The minimum atomic E-state index is 0.432. The fourth-order valence-electron chi connectivity index (χ4n) is 4.11. The van der Waals surface area contributed by atoms with Gasteiger partial charge in [0.1, 0.15) is 12.1 Å². The lowest BCUT2D eigenvalue weighted by molar-refractivity contribution is 0.285. The van der Waals surface area contributed by atoms with Gasteiger partial charge in [0.15, 0.2) is 17.7 Å². The lowest BCUT2D eigenvalue weighted by atomic mass is 10.1. The normalized spacial score (nSPS) is 10.9. The molecule has 0 fully saturated rings. The zero-order valence-corrected chi connectivity index (χ0v) is 22.9. The van der Waals surface area contributed by atoms with Crippen LogP contribution in [0.15, 0.2) is 72.2 Å². The van der Waals surface area contributed by atoms with Gasteiger partial charge in [-0.05, 0) is 49.2 Å². The highest BCUT2D eigenvalue weighted by molar-refractivity contribution is 5.94. The zero-order chi connectivity index (χ0) is 28.7. The van der Waals surface area contributed by atoms with Gasteiger partial charge in [0.2, 0.25) is 5.96 Å². The van der Waals surface area contributed by atoms with E-state index in [1.54, 1.807) is 19.5 Å². The predicted molar refractivity (Wildman–Crippen MR) is 161 cm³/mol. The number of hydrogen-bond donors (Lipinski definition) is 3. The molecule has 0 aliphatic carbocycles. The van der Waals surface area contributed by atoms with Crippen LogP contribution in [0.2, 0.25) is 0 Å². The third-order valence-corrected chi connectivity index (χ3v) is 6.16. The Balaban J connectivity index is 1.25. The van der Waals surface area contributed by atoms with Crippen LogP contribution in [0.1, 0.15) is 37.7 Å². The van der Waals surface area contributed by atoms with E-state index < -0.39 is 0 Å². The number of fused-ring (bicyclic) bond motifs is 1. The molecule has 0 aliphatic rings. The van der Waals surface area contributed by atoms with Crippen molar-refractivity contribution in [2.45, 2.75) is 32.1 Å². The van der Waals surface area contributed by atoms with Crippen LogP contribution in [0.3, 0.4) is 0 Å². The van der Waals surface area contributed by atoms with E-state index >= 15 is 0 Å². The molecule has 0 amide bonds. The highest BCUT2D eigenvalue weighted by Crippen LogP contribution is 2.35. The van der Waals surface area contributed by atoms with Crippen molar-refractivity contribution in [1.82, 2.24) is 20.3 Å². The molecule has 0 aliphatic heterocycles. The van der Waals surface area contributed by atoms with Crippen molar-refractivity contribution in [3.05, 3.63) is 72.8 Å². The Labute approximate surface area is 239 Å². The molecule has 3 N–H and O–H groups in total. The lowest BCUT2D eigenvalue weighted by Gasteiger charge is -2.14. The molecule has 0 saturated carbocycles. The van der Waals surface area contributed by atoms with Crippen LogP contribution < -0.4 is 25.4 Å². The number of aromatic nitrogens is 3. The SMILES string of the molecule is C#Cc1cccc(Nc2ncnc3cc(OC)c(OCCCCCCCN=C(NC#N)Nc4ccncc4)cc23)c1. The Morgan fingerprint density at radius 1 is 0.976 bits per heavy atom. The molecule has 0 atom stereocenters. The van der Waals surface area contributed by atoms with Gasteiger partial charge >= 0.3 is 0 Å². The number of hydrogen-bond acceptors (Lipinski definition) is 8. The summed E-state index contributed by atoms with van der Waals surface area (Å²) in [6.07, 6.45) is 17.3. The first-order valence-electron chi connectivity index (χ1n) is 13.4. The molecule has 2 aromatic heterocycles. The summed E-state index contributed by atoms with van der Waals surface area (Å²) in [6, 6.07) is 15.0. The summed E-state index contributed by atoms with van der Waals surface area (Å²) in [7, 11) is 1.62. The first kappa shape index (κ1) is 28.7. The molecule has 208 valence electrons. The van der Waals surface area contributed by atoms with Crippen molar-refractivity contribution in [2.24, 2.45) is 4.99 Å². The summed E-state index contributed by atoms with van der Waals surface area (Å²) in [4.78, 5) is 17.3. The van der Waals surface area contributed by atoms with E-state index in [1.165, 1.54) is 6.33 Å². The van der Waals surface area contributed by atoms with Crippen molar-refractivity contribution in [3.8, 4) is 30.0 Å². The number of rotatable bonds is 13. The fourth-order valence-corrected chi connectivity index (χ4v) is 4.11. The largest absolute Gasteiger partial charge is 0.493 e. The average Bonchev–Trinajstić information content (AvgIpc) is 3.00. The summed E-state index contributed by atoms with van der Waals surface area (Å²) in [5.74, 6) is 5.00. The van der Waals surface area contributed by atoms with Gasteiger partial charge < -0.3 is 20.1 Å². The summed E-state index contributed by atoms with van der Waals surface area (Å²) >= 11 is 0. The number of terminal acetylenes is 1. The third-order valence-electron chi connectivity index (χ3n) is 6.16. The van der Waals surface area contributed by atoms with Gasteiger partial charge in [-0.2, -0.15) is 5.26 Å². The second-order valence-electron chi connectivity index (χ2n) is 9.04. The van der Waals surface area contributed by atoms with Crippen LogP contribution in [0.4, 0.5) is 17.2 Å². The number of nitrogens with zero attached hydrogens (tertiary/aromatic N) is 5. The van der Waals surface area contributed by atoms with Crippen LogP contribution in [0.25, 0.3) is 10.9 Å². The highest BCUT2D eigenvalue weighted by Gasteiger charge is 2.12. The smallest absolute Gasteiger partial charge is 0.209 e. The molecule has 10 nitrogen and oxygen atoms in total. The van der Waals surface area contributed by atoms with E-state index in [1.807, 2.05) is 54.7 Å². The van der Waals surface area contributed by atoms with Crippen molar-refractivity contribution in [3.63, 3.8) is 0 Å². The van der Waals surface area contributed by atoms with Crippen LogP contribution in [-0.4, -0.2) is 41.2 Å². The number of nitriles is 1. The Morgan fingerprint density at radius 3 is 2.61 bits per heavy atom. The molecule has 0 saturated heterocycles. The van der Waals surface area contributed by atoms with E-state index in [0.717, 1.165) is 59.9 Å². The zero-order valence-electron chi connectivity index (χ0n) is 22.9. The van der Waals surface area contributed by atoms with Gasteiger partial charge in [-0.3, -0.25) is 15.3 Å². The monoisotopic (exact) mass is 548 g/mol. The van der Waals surface area contributed by atoms with Crippen molar-refractivity contribution in [2.75, 3.05) is 30.9 Å². The Kier molecular flexibility index (Phi) is 10.7. The molecular formula is C31H32N8O2. The molecule has 0 spiro atoms. The fraction of sp³-hybridized carbons (Fsp3) is 0.258. The minimum Gasteiger partial charge on any atom is -0.493 e. The Morgan fingerprint density at radius 2 is 1.80 bits per heavy atom. The van der Waals surface area contributed by atoms with Crippen LogP contribution in [-0.2, 0) is 0 Å². The number of pyridine rings is 1. The lowest BCUT2D eigenvalue weighted by Crippen LogP contribution is -2.27. The second-order valence-corrected chi connectivity index (χ2v) is 9.04. The molecule has 0 bridgehead atoms. The molecule has 2 heterocycles. The van der Waals surface area contributed by atoms with Crippen LogP contribution in [0, 0.1) is 23.8 Å². The summed E-state index contributed by atoms with van der Waals surface area (Å²) in [6.45, 7) is 1.19. The summed E-state index contributed by atoms with van der Waals surface area (Å²) in [5.41, 5.74) is 3.18. The van der Waals surface area contributed by atoms with Crippen molar-refractivity contribution < 1.29 is 9.47 Å². The summed E-state index contributed by atoms with van der Waals surface area (Å²) in [5, 5.41) is 18.8. The van der Waals surface area contributed by atoms with Gasteiger partial charge in [-0.25, -0.2) is 9.97 Å². The van der Waals surface area contributed by atoms with E-state index in [4.69, 9.17) is 21.2 Å². The van der Waals surface area contributed by atoms with Crippen molar-refractivity contribution in [1.29, 1.82) is 5.26 Å². The maximum atomic E-state index is 8.97. The first-order valence-corrected chi connectivity index (χ1v) is 13.4. The van der Waals surface area contributed by atoms with E-state index in [9.17, 15) is 0 Å². The molecule has 4 aromatic rings. The quantitative estimate of drug-likeness (QED) is 0.0486. The molecular weight excluding hydrogens is 516 g/mol. The maximum Gasteiger partial charge on any atom is 0.209 e. The number of aliphatic imine (C=N–C) groups is 1. The van der Waals surface area contributed by atoms with Crippen molar-refractivity contribution >= 4 is 34.1 Å². The minimum absolute atomic E-state index is 0.432. The standard InChI is InChI=1S/C31H32N8O2/c1-3-23-10-9-11-25(18-23)38-30-26-19-29(28(40-2)20-27(26)36-22-37-30)41-17-8-6-4-5-7-14-34-31(35-21-32)39-24-12-15-33-16-13-24/h1,9-13,15-16,18-20,22H,4-8,14,17H2,2H3,(H,36,37,38)(H2,33,34,35,39). The molecule has 41 heavy (non-hydrogen) atoms. The number of unbranched alkanes of at least 4 members (excludes halogenated alkanes) is 4. The number of guanidine groups is 1. The van der Waals surface area contributed by atoms with E-state index in [-0.39, 0.29) is 0 Å². The number of anilines is 3. The topological polar surface area (TPSA) is 129 Å². The average molecular weight is 549 g/mol. The van der Waals surface area contributed by atoms with Gasteiger partial charge in [-0.1, -0.05) is 31.2 Å². The van der Waals surface area contributed by atoms with Gasteiger partial charge in [-0.15, -0.1) is 6.42 Å². The highest BCUT2D eigenvalue weighted by atomic mass is 16.5. The second kappa shape index (κ2) is 15.3. The van der Waals surface area contributed by atoms with Crippen LogP contribution >= 0.6 is 0 Å². The molecule has 10 heteroatoms. The van der Waals surface area contributed by atoms with E-state index in [2.05, 4.69) is 41.8 Å². The molecule has 0 radical (unpaired) electrons. The molecule has 4 rings (SSSR count). The first-order chi connectivity index (χ1) is 20.2. The van der Waals surface area contributed by atoms with Crippen LogP contribution in [0.5, 0.6) is 11.5 Å². The summed E-state index contributed by atoms with van der Waals surface area (Å²) < 4.78 is 11.7. The number of methoxy groups -OCH3 is 1. The number of benzene rings is 2.